The maximum absolute atomic E-state index is 12.8. The predicted molar refractivity (Wildman–Crippen MR) is 106 cm³/mol. The zero-order valence-electron chi connectivity index (χ0n) is 16.7. The van der Waals surface area contributed by atoms with Crippen LogP contribution >= 0.6 is 0 Å². The van der Waals surface area contributed by atoms with Gasteiger partial charge in [0.1, 0.15) is 31.0 Å². The molecule has 0 unspecified atom stereocenters. The molecule has 0 saturated carbocycles. The normalized spacial score (nSPS) is 18.5. The number of imide groups is 1. The molecule has 1 aliphatic rings. The number of urea groups is 1. The Morgan fingerprint density at radius 1 is 0.966 bits per heavy atom. The summed E-state index contributed by atoms with van der Waals surface area (Å²) in [5.74, 6) is -0.483. The fourth-order valence-electron chi connectivity index (χ4n) is 3.05. The molecule has 0 radical (unpaired) electrons. The van der Waals surface area contributed by atoms with E-state index in [9.17, 15) is 14.4 Å². The van der Waals surface area contributed by atoms with Crippen molar-refractivity contribution in [2.24, 2.45) is 0 Å². The van der Waals surface area contributed by atoms with E-state index >= 15 is 0 Å². The molecule has 2 aromatic rings. The first kappa shape index (κ1) is 20.4. The number of nitrogens with one attached hydrogen (secondary N) is 1. The lowest BCUT2D eigenvalue weighted by atomic mass is 9.91. The van der Waals surface area contributed by atoms with Gasteiger partial charge in [-0.15, -0.1) is 0 Å². The van der Waals surface area contributed by atoms with Crippen molar-refractivity contribution >= 4 is 17.9 Å². The maximum Gasteiger partial charge on any atom is 0.326 e. The molecule has 152 valence electrons. The first-order chi connectivity index (χ1) is 13.8. The third-order valence-corrected chi connectivity index (χ3v) is 4.83. The van der Waals surface area contributed by atoms with E-state index in [4.69, 9.17) is 9.47 Å². The molecule has 0 spiro atoms. The fraction of sp³-hybridized carbons (Fsp3) is 0.318. The number of hydrogen-bond donors (Lipinski definition) is 1. The lowest BCUT2D eigenvalue weighted by molar-refractivity contribution is -0.148. The molecule has 3 amide bonds. The van der Waals surface area contributed by atoms with Crippen LogP contribution in [0.15, 0.2) is 48.5 Å². The zero-order chi connectivity index (χ0) is 21.0. The highest BCUT2D eigenvalue weighted by Gasteiger charge is 2.49. The maximum atomic E-state index is 12.8. The number of hydrogen-bond acceptors (Lipinski definition) is 5. The monoisotopic (exact) mass is 396 g/mol. The largest absolute Gasteiger partial charge is 0.490 e. The standard InChI is InChI=1S/C22H24N2O5/c1-15-4-8-17(9-5-15)22(3)20(26)24(21(27)23-22)14-19(25)29-13-12-28-18-10-6-16(2)7-11-18/h4-11H,12-14H2,1-3H3,(H,23,27)/t22-/m1/s1. The number of aryl methyl sites for hydroxylation is 2. The molecule has 1 aliphatic heterocycles. The minimum absolute atomic E-state index is 0.0194. The number of benzene rings is 2. The van der Waals surface area contributed by atoms with Gasteiger partial charge in [-0.1, -0.05) is 47.5 Å². The van der Waals surface area contributed by atoms with Gasteiger partial charge in [0.05, 0.1) is 0 Å². The first-order valence-electron chi connectivity index (χ1n) is 9.36. The van der Waals surface area contributed by atoms with Crippen LogP contribution in [0.3, 0.4) is 0 Å². The Kier molecular flexibility index (Phi) is 5.87. The van der Waals surface area contributed by atoms with Crippen LogP contribution < -0.4 is 10.1 Å². The van der Waals surface area contributed by atoms with Crippen LogP contribution in [0.2, 0.25) is 0 Å². The third-order valence-electron chi connectivity index (χ3n) is 4.83. The van der Waals surface area contributed by atoms with Crippen molar-refractivity contribution < 1.29 is 23.9 Å². The molecule has 1 N–H and O–H groups in total. The second kappa shape index (κ2) is 8.34. The summed E-state index contributed by atoms with van der Waals surface area (Å²) in [6, 6.07) is 14.2. The predicted octanol–water partition coefficient (Wildman–Crippen LogP) is 2.69. The van der Waals surface area contributed by atoms with E-state index in [2.05, 4.69) is 5.32 Å². The van der Waals surface area contributed by atoms with E-state index in [0.29, 0.717) is 11.3 Å². The van der Waals surface area contributed by atoms with Crippen LogP contribution in [0.1, 0.15) is 23.6 Å². The molecule has 1 heterocycles. The molecular weight excluding hydrogens is 372 g/mol. The average Bonchev–Trinajstić information content (AvgIpc) is 2.91. The number of carbonyl (C=O) groups excluding carboxylic acids is 3. The summed E-state index contributed by atoms with van der Waals surface area (Å²) in [5, 5.41) is 2.67. The Labute approximate surface area is 169 Å². The van der Waals surface area contributed by atoms with E-state index in [1.807, 2.05) is 50.2 Å². The molecule has 7 heteroatoms. The smallest absolute Gasteiger partial charge is 0.326 e. The Morgan fingerprint density at radius 3 is 2.17 bits per heavy atom. The Hall–Kier alpha value is -3.35. The number of nitrogens with zero attached hydrogens (tertiary/aromatic N) is 1. The van der Waals surface area contributed by atoms with E-state index in [1.54, 1.807) is 19.1 Å². The quantitative estimate of drug-likeness (QED) is 0.442. The van der Waals surface area contributed by atoms with Gasteiger partial charge in [-0.25, -0.2) is 4.79 Å². The third kappa shape index (κ3) is 4.56. The van der Waals surface area contributed by atoms with Crippen molar-refractivity contribution in [3.63, 3.8) is 0 Å². The molecule has 1 fully saturated rings. The van der Waals surface area contributed by atoms with Gasteiger partial charge >= 0.3 is 12.0 Å². The summed E-state index contributed by atoms with van der Waals surface area (Å²) in [6.07, 6.45) is 0. The Morgan fingerprint density at radius 2 is 1.55 bits per heavy atom. The minimum atomic E-state index is -1.21. The number of amides is 3. The van der Waals surface area contributed by atoms with E-state index in [-0.39, 0.29) is 13.2 Å². The molecule has 3 rings (SSSR count). The number of esters is 1. The Balaban J connectivity index is 1.52. The molecule has 29 heavy (non-hydrogen) atoms. The molecule has 1 saturated heterocycles. The van der Waals surface area contributed by atoms with Gasteiger partial charge in [-0.05, 0) is 38.5 Å². The van der Waals surface area contributed by atoms with Crippen LogP contribution in [0.25, 0.3) is 0 Å². The van der Waals surface area contributed by atoms with Crippen LogP contribution in [-0.2, 0) is 19.9 Å². The van der Waals surface area contributed by atoms with Crippen molar-refractivity contribution in [1.82, 2.24) is 10.2 Å². The van der Waals surface area contributed by atoms with Gasteiger partial charge < -0.3 is 14.8 Å². The zero-order valence-corrected chi connectivity index (χ0v) is 16.7. The van der Waals surface area contributed by atoms with Crippen LogP contribution in [0.5, 0.6) is 5.75 Å². The van der Waals surface area contributed by atoms with Crippen molar-refractivity contribution in [3.8, 4) is 5.75 Å². The summed E-state index contributed by atoms with van der Waals surface area (Å²) in [4.78, 5) is 38.1. The van der Waals surface area contributed by atoms with Gasteiger partial charge in [0, 0.05) is 0 Å². The van der Waals surface area contributed by atoms with Gasteiger partial charge in [0.25, 0.3) is 5.91 Å². The molecule has 7 nitrogen and oxygen atoms in total. The van der Waals surface area contributed by atoms with Gasteiger partial charge in [-0.2, -0.15) is 0 Å². The highest BCUT2D eigenvalue weighted by atomic mass is 16.6. The second-order valence-corrected chi connectivity index (χ2v) is 7.19. The molecule has 0 aliphatic carbocycles. The van der Waals surface area contributed by atoms with Crippen molar-refractivity contribution in [1.29, 1.82) is 0 Å². The lowest BCUT2D eigenvalue weighted by Crippen LogP contribution is -2.41. The fourth-order valence-corrected chi connectivity index (χ4v) is 3.05. The van der Waals surface area contributed by atoms with Gasteiger partial charge in [-0.3, -0.25) is 14.5 Å². The molecule has 0 bridgehead atoms. The number of ether oxygens (including phenoxy) is 2. The highest BCUT2D eigenvalue weighted by molar-refractivity contribution is 6.08. The van der Waals surface area contributed by atoms with E-state index in [1.165, 1.54) is 0 Å². The summed E-state index contributed by atoms with van der Waals surface area (Å²) in [5.41, 5.74) is 1.61. The average molecular weight is 396 g/mol. The van der Waals surface area contributed by atoms with Crippen LogP contribution in [0.4, 0.5) is 4.79 Å². The lowest BCUT2D eigenvalue weighted by Gasteiger charge is -2.22. The minimum Gasteiger partial charge on any atom is -0.490 e. The number of rotatable bonds is 7. The molecular formula is C22H24N2O5. The van der Waals surface area contributed by atoms with Crippen molar-refractivity contribution in [3.05, 3.63) is 65.2 Å². The van der Waals surface area contributed by atoms with E-state index in [0.717, 1.165) is 16.0 Å². The molecule has 2 aromatic carbocycles. The first-order valence-corrected chi connectivity index (χ1v) is 9.36. The molecule has 1 atom stereocenters. The van der Waals surface area contributed by atoms with Crippen molar-refractivity contribution in [2.75, 3.05) is 19.8 Å². The molecule has 0 aromatic heterocycles. The van der Waals surface area contributed by atoms with Crippen LogP contribution in [0, 0.1) is 13.8 Å². The summed E-state index contributed by atoms with van der Waals surface area (Å²) >= 11 is 0. The second-order valence-electron chi connectivity index (χ2n) is 7.19. The SMILES string of the molecule is Cc1ccc(OCCOC(=O)CN2C(=O)N[C@](C)(c3ccc(C)cc3)C2=O)cc1. The topological polar surface area (TPSA) is 84.9 Å². The van der Waals surface area contributed by atoms with E-state index < -0.39 is 30.0 Å². The number of carbonyl (C=O) groups is 3. The van der Waals surface area contributed by atoms with Crippen LogP contribution in [-0.4, -0.2) is 42.6 Å². The van der Waals surface area contributed by atoms with Crippen molar-refractivity contribution in [2.45, 2.75) is 26.3 Å². The summed E-state index contributed by atoms with van der Waals surface area (Å²) < 4.78 is 10.6. The van der Waals surface area contributed by atoms with Gasteiger partial charge in [0.2, 0.25) is 0 Å². The van der Waals surface area contributed by atoms with Gasteiger partial charge in [0.15, 0.2) is 0 Å². The Bertz CT molecular complexity index is 908. The highest BCUT2D eigenvalue weighted by Crippen LogP contribution is 2.28. The summed E-state index contributed by atoms with van der Waals surface area (Å²) in [7, 11) is 0. The summed E-state index contributed by atoms with van der Waals surface area (Å²) in [6.45, 7) is 5.29.